The van der Waals surface area contributed by atoms with Gasteiger partial charge in [-0.1, -0.05) is 158 Å². The van der Waals surface area contributed by atoms with Gasteiger partial charge in [-0.3, -0.25) is 0 Å². The Hall–Kier alpha value is -7.21. The molecular weight excluding hydrogens is 701 g/mol. The molecule has 5 heteroatoms. The zero-order valence-corrected chi connectivity index (χ0v) is 31.0. The van der Waals surface area contributed by atoms with Crippen LogP contribution < -0.4 is 0 Å². The minimum atomic E-state index is 0.658. The summed E-state index contributed by atoms with van der Waals surface area (Å²) < 4.78 is 4.84. The molecule has 11 aromatic rings. The van der Waals surface area contributed by atoms with Crippen LogP contribution in [0.4, 0.5) is 0 Å². The molecule has 0 spiro atoms. The first-order chi connectivity index (χ1) is 27.8. The first-order valence-corrected chi connectivity index (χ1v) is 19.6. The second-order valence-corrected chi connectivity index (χ2v) is 15.0. The first-order valence-electron chi connectivity index (χ1n) is 18.8. The van der Waals surface area contributed by atoms with Gasteiger partial charge in [0.25, 0.3) is 0 Å². The fourth-order valence-corrected chi connectivity index (χ4v) is 9.37. The van der Waals surface area contributed by atoms with Crippen LogP contribution in [0.5, 0.6) is 0 Å². The van der Waals surface area contributed by atoms with E-state index in [4.69, 9.17) is 15.0 Å². The van der Waals surface area contributed by atoms with E-state index >= 15 is 0 Å². The number of nitrogens with zero attached hydrogens (tertiary/aromatic N) is 4. The van der Waals surface area contributed by atoms with E-state index in [0.717, 1.165) is 27.1 Å². The lowest BCUT2D eigenvalue weighted by Crippen LogP contribution is -2.00. The van der Waals surface area contributed by atoms with Gasteiger partial charge >= 0.3 is 0 Å². The molecule has 3 heterocycles. The number of rotatable bonds is 6. The van der Waals surface area contributed by atoms with E-state index in [1.165, 1.54) is 59.5 Å². The number of thiophene rings is 1. The smallest absolute Gasteiger partial charge is 0.165 e. The van der Waals surface area contributed by atoms with Gasteiger partial charge in [-0.05, 0) is 58.7 Å². The van der Waals surface area contributed by atoms with Crippen LogP contribution in [0.1, 0.15) is 0 Å². The van der Waals surface area contributed by atoms with Gasteiger partial charge in [-0.25, -0.2) is 15.0 Å². The number of hydrogen-bond acceptors (Lipinski definition) is 4. The Labute approximate surface area is 327 Å². The van der Waals surface area contributed by atoms with Gasteiger partial charge in [0.1, 0.15) is 0 Å². The van der Waals surface area contributed by atoms with Gasteiger partial charge in [0.2, 0.25) is 0 Å². The van der Waals surface area contributed by atoms with Crippen LogP contribution >= 0.6 is 11.3 Å². The second kappa shape index (κ2) is 13.3. The molecule has 0 N–H and O–H groups in total. The Bertz CT molecular complexity index is 3170. The van der Waals surface area contributed by atoms with E-state index < -0.39 is 0 Å². The summed E-state index contributed by atoms with van der Waals surface area (Å²) in [5.41, 5.74) is 11.2. The third-order valence-corrected chi connectivity index (χ3v) is 11.9. The second-order valence-electron chi connectivity index (χ2n) is 14.0. The number of para-hydroxylation sites is 1. The van der Waals surface area contributed by atoms with Gasteiger partial charge in [0, 0.05) is 53.3 Å². The van der Waals surface area contributed by atoms with Gasteiger partial charge in [-0.2, -0.15) is 0 Å². The molecule has 262 valence electrons. The monoisotopic (exact) mass is 732 g/mol. The summed E-state index contributed by atoms with van der Waals surface area (Å²) in [7, 11) is 0. The minimum absolute atomic E-state index is 0.658. The molecule has 0 radical (unpaired) electrons. The third kappa shape index (κ3) is 5.40. The Morgan fingerprint density at radius 3 is 1.54 bits per heavy atom. The van der Waals surface area contributed by atoms with E-state index in [2.05, 4.69) is 162 Å². The molecule has 56 heavy (non-hydrogen) atoms. The van der Waals surface area contributed by atoms with Crippen molar-refractivity contribution in [1.82, 2.24) is 19.5 Å². The van der Waals surface area contributed by atoms with Crippen molar-refractivity contribution in [2.75, 3.05) is 0 Å². The summed E-state index contributed by atoms with van der Waals surface area (Å²) in [6.07, 6.45) is 0. The molecule has 0 bridgehead atoms. The molecule has 3 aromatic heterocycles. The Morgan fingerprint density at radius 1 is 0.339 bits per heavy atom. The van der Waals surface area contributed by atoms with Crippen molar-refractivity contribution < 1.29 is 0 Å². The number of benzene rings is 8. The van der Waals surface area contributed by atoms with Crippen LogP contribution in [-0.2, 0) is 0 Å². The average molecular weight is 733 g/mol. The highest BCUT2D eigenvalue weighted by Gasteiger charge is 2.21. The lowest BCUT2D eigenvalue weighted by atomic mass is 9.98. The van der Waals surface area contributed by atoms with Gasteiger partial charge in [-0.15, -0.1) is 11.3 Å². The van der Waals surface area contributed by atoms with Crippen molar-refractivity contribution in [3.05, 3.63) is 194 Å². The summed E-state index contributed by atoms with van der Waals surface area (Å²) >= 11 is 1.83. The molecule has 0 aliphatic carbocycles. The number of fused-ring (bicyclic) bond motifs is 7. The summed E-state index contributed by atoms with van der Waals surface area (Å²) in [6, 6.07) is 68.6. The summed E-state index contributed by atoms with van der Waals surface area (Å²) in [6.45, 7) is 0. The van der Waals surface area contributed by atoms with Crippen LogP contribution in [0.15, 0.2) is 194 Å². The number of aromatic nitrogens is 4. The zero-order valence-electron chi connectivity index (χ0n) is 30.2. The van der Waals surface area contributed by atoms with E-state index in [9.17, 15) is 0 Å². The Kier molecular flexibility index (Phi) is 7.64. The molecule has 11 rings (SSSR count). The molecule has 0 unspecified atom stereocenters. The highest BCUT2D eigenvalue weighted by atomic mass is 32.1. The fraction of sp³-hybridized carbons (Fsp3) is 0. The van der Waals surface area contributed by atoms with Gasteiger partial charge in [0.05, 0.1) is 11.0 Å². The van der Waals surface area contributed by atoms with E-state index in [-0.39, 0.29) is 0 Å². The maximum absolute atomic E-state index is 5.12. The molecule has 0 atom stereocenters. The van der Waals surface area contributed by atoms with E-state index in [1.807, 2.05) is 47.7 Å². The summed E-state index contributed by atoms with van der Waals surface area (Å²) in [5, 5.41) is 4.90. The molecule has 0 amide bonds. The Balaban J connectivity index is 1.14. The minimum Gasteiger partial charge on any atom is -0.309 e. The van der Waals surface area contributed by atoms with Crippen LogP contribution in [0, 0.1) is 0 Å². The van der Waals surface area contributed by atoms with Crippen molar-refractivity contribution in [3.63, 3.8) is 0 Å². The standard InChI is InChI=1S/C51H32N4S/c1-5-15-33(16-6-1)36-21-13-22-37(31-36)38-27-28-42-45(32-38)55(39-23-11-4-12-24-39)44-30-29-41-40-25-14-26-43(47(40)56-48(41)46(42)44)51-53-49(34-17-7-2-8-18-34)52-50(54-51)35-19-9-3-10-20-35/h1-32H. The molecule has 0 saturated heterocycles. The third-order valence-electron chi connectivity index (χ3n) is 10.7. The predicted molar refractivity (Wildman–Crippen MR) is 234 cm³/mol. The van der Waals surface area contributed by atoms with Crippen molar-refractivity contribution in [3.8, 4) is 62.1 Å². The van der Waals surface area contributed by atoms with Crippen LogP contribution in [0.2, 0.25) is 0 Å². The van der Waals surface area contributed by atoms with Crippen molar-refractivity contribution in [2.24, 2.45) is 0 Å². The van der Waals surface area contributed by atoms with E-state index in [1.54, 1.807) is 0 Å². The lowest BCUT2D eigenvalue weighted by Gasteiger charge is -2.10. The van der Waals surface area contributed by atoms with Crippen molar-refractivity contribution in [1.29, 1.82) is 0 Å². The van der Waals surface area contributed by atoms with Crippen LogP contribution in [0.25, 0.3) is 104 Å². The normalized spacial score (nSPS) is 11.6. The zero-order chi connectivity index (χ0) is 37.0. The number of hydrogen-bond donors (Lipinski definition) is 0. The maximum Gasteiger partial charge on any atom is 0.165 e. The lowest BCUT2D eigenvalue weighted by molar-refractivity contribution is 1.08. The molecule has 0 aliphatic heterocycles. The topological polar surface area (TPSA) is 43.6 Å². The molecule has 8 aromatic carbocycles. The summed E-state index contributed by atoms with van der Waals surface area (Å²) in [5.74, 6) is 1.98. The van der Waals surface area contributed by atoms with E-state index in [0.29, 0.717) is 17.5 Å². The fourth-order valence-electron chi connectivity index (χ4n) is 8.00. The average Bonchev–Trinajstić information content (AvgIpc) is 3.83. The molecule has 0 saturated carbocycles. The van der Waals surface area contributed by atoms with Crippen molar-refractivity contribution in [2.45, 2.75) is 0 Å². The van der Waals surface area contributed by atoms with Crippen molar-refractivity contribution >= 4 is 53.3 Å². The molecule has 0 aliphatic rings. The highest BCUT2D eigenvalue weighted by Crippen LogP contribution is 2.46. The SMILES string of the molecule is c1ccc(-c2cccc(-c3ccc4c5c6sc7c(-c8nc(-c9ccccc9)nc(-c9ccccc9)n8)cccc7c6ccc5n(-c5ccccc5)c4c3)c2)cc1. The van der Waals surface area contributed by atoms with Crippen LogP contribution in [0.3, 0.4) is 0 Å². The maximum atomic E-state index is 5.12. The van der Waals surface area contributed by atoms with Crippen LogP contribution in [-0.4, -0.2) is 19.5 Å². The first kappa shape index (κ1) is 32.2. The molecule has 0 fully saturated rings. The van der Waals surface area contributed by atoms with Gasteiger partial charge < -0.3 is 4.57 Å². The Morgan fingerprint density at radius 2 is 0.857 bits per heavy atom. The molecular formula is C51H32N4S. The van der Waals surface area contributed by atoms with Gasteiger partial charge in [0.15, 0.2) is 17.5 Å². The quantitative estimate of drug-likeness (QED) is 0.171. The highest BCUT2D eigenvalue weighted by molar-refractivity contribution is 7.27. The predicted octanol–water partition coefficient (Wildman–Crippen LogP) is 13.7. The largest absolute Gasteiger partial charge is 0.309 e. The summed E-state index contributed by atoms with van der Waals surface area (Å²) in [4.78, 5) is 15.2. The molecule has 4 nitrogen and oxygen atoms in total.